The zero-order valence-electron chi connectivity index (χ0n) is 8.74. The van der Waals surface area contributed by atoms with Gasteiger partial charge in [0.2, 0.25) is 0 Å². The van der Waals surface area contributed by atoms with Crippen molar-refractivity contribution in [1.29, 1.82) is 0 Å². The highest BCUT2D eigenvalue weighted by atomic mass is 14.6. The van der Waals surface area contributed by atoms with Crippen molar-refractivity contribution in [3.63, 3.8) is 0 Å². The Kier molecular flexibility index (Phi) is 2.00. The maximum atomic E-state index is 5.84. The number of hydrogen-bond acceptors (Lipinski definition) is 1. The van der Waals surface area contributed by atoms with Crippen molar-refractivity contribution in [2.75, 3.05) is 6.54 Å². The van der Waals surface area contributed by atoms with Gasteiger partial charge in [-0.05, 0) is 47.2 Å². The molecule has 0 saturated heterocycles. The highest BCUT2D eigenvalue weighted by Crippen LogP contribution is 2.35. The van der Waals surface area contributed by atoms with Gasteiger partial charge in [0.25, 0.3) is 0 Å². The lowest BCUT2D eigenvalue weighted by atomic mass is 9.81. The number of benzene rings is 2. The average molecular weight is 197 g/mol. The molecule has 2 aromatic rings. The quantitative estimate of drug-likeness (QED) is 0.747. The first-order chi connectivity index (χ1) is 7.40. The van der Waals surface area contributed by atoms with Crippen molar-refractivity contribution in [3.05, 3.63) is 47.5 Å². The fourth-order valence-electron chi connectivity index (χ4n) is 2.73. The fraction of sp³-hybridized carbons (Fsp3) is 0.286. The molecule has 0 spiro atoms. The number of nitrogens with two attached hydrogens (primary N) is 1. The minimum Gasteiger partial charge on any atom is -0.330 e. The number of aryl methyl sites for hydroxylation is 1. The lowest BCUT2D eigenvalue weighted by molar-refractivity contribution is 0.626. The first kappa shape index (κ1) is 8.93. The summed E-state index contributed by atoms with van der Waals surface area (Å²) < 4.78 is 0. The Labute approximate surface area is 89.9 Å². The summed E-state index contributed by atoms with van der Waals surface area (Å²) in [5.41, 5.74) is 8.78. The van der Waals surface area contributed by atoms with Crippen LogP contribution >= 0.6 is 0 Å². The van der Waals surface area contributed by atoms with E-state index in [0.29, 0.717) is 5.92 Å². The molecule has 3 rings (SSSR count). The topological polar surface area (TPSA) is 26.0 Å². The molecular formula is C14H15N. The van der Waals surface area contributed by atoms with E-state index in [4.69, 9.17) is 5.73 Å². The van der Waals surface area contributed by atoms with E-state index in [1.54, 1.807) is 0 Å². The summed E-state index contributed by atoms with van der Waals surface area (Å²) in [6.45, 7) is 0.771. The summed E-state index contributed by atoms with van der Waals surface area (Å²) in [5, 5.41) is 2.82. The van der Waals surface area contributed by atoms with Crippen LogP contribution in [0.2, 0.25) is 0 Å². The molecule has 0 bridgehead atoms. The summed E-state index contributed by atoms with van der Waals surface area (Å²) >= 11 is 0. The SMILES string of the molecule is NCC1CCc2cccc3cccc1c23. The van der Waals surface area contributed by atoms with Gasteiger partial charge >= 0.3 is 0 Å². The van der Waals surface area contributed by atoms with Crippen molar-refractivity contribution in [1.82, 2.24) is 0 Å². The first-order valence-corrected chi connectivity index (χ1v) is 5.61. The van der Waals surface area contributed by atoms with Crippen molar-refractivity contribution < 1.29 is 0 Å². The summed E-state index contributed by atoms with van der Waals surface area (Å²) in [6.07, 6.45) is 2.38. The largest absolute Gasteiger partial charge is 0.330 e. The summed E-state index contributed by atoms with van der Waals surface area (Å²) in [5.74, 6) is 0.559. The van der Waals surface area contributed by atoms with Crippen LogP contribution in [0, 0.1) is 0 Å². The van der Waals surface area contributed by atoms with Crippen molar-refractivity contribution >= 4 is 10.8 Å². The molecule has 0 aliphatic heterocycles. The predicted molar refractivity (Wildman–Crippen MR) is 64.1 cm³/mol. The van der Waals surface area contributed by atoms with E-state index >= 15 is 0 Å². The van der Waals surface area contributed by atoms with Gasteiger partial charge in [0, 0.05) is 0 Å². The van der Waals surface area contributed by atoms with E-state index in [1.807, 2.05) is 0 Å². The van der Waals surface area contributed by atoms with Crippen LogP contribution in [0.3, 0.4) is 0 Å². The van der Waals surface area contributed by atoms with Crippen LogP contribution in [0.4, 0.5) is 0 Å². The molecule has 1 unspecified atom stereocenters. The molecule has 1 atom stereocenters. The maximum Gasteiger partial charge on any atom is -0.000790 e. The Morgan fingerprint density at radius 2 is 1.93 bits per heavy atom. The molecule has 1 heteroatoms. The second-order valence-corrected chi connectivity index (χ2v) is 4.33. The molecule has 0 amide bonds. The molecule has 0 heterocycles. The minimum absolute atomic E-state index is 0.559. The van der Waals surface area contributed by atoms with Gasteiger partial charge in [-0.25, -0.2) is 0 Å². The first-order valence-electron chi connectivity index (χ1n) is 5.61. The van der Waals surface area contributed by atoms with E-state index < -0.39 is 0 Å². The van der Waals surface area contributed by atoms with Crippen molar-refractivity contribution in [2.24, 2.45) is 5.73 Å². The second kappa shape index (κ2) is 3.35. The normalized spacial score (nSPS) is 19.4. The third kappa shape index (κ3) is 1.27. The Hall–Kier alpha value is -1.34. The zero-order chi connectivity index (χ0) is 10.3. The Morgan fingerprint density at radius 1 is 1.13 bits per heavy atom. The molecule has 0 saturated carbocycles. The minimum atomic E-state index is 0.559. The predicted octanol–water partition coefficient (Wildman–Crippen LogP) is 2.83. The number of rotatable bonds is 1. The summed E-state index contributed by atoms with van der Waals surface area (Å²) in [4.78, 5) is 0. The van der Waals surface area contributed by atoms with Gasteiger partial charge < -0.3 is 5.73 Å². The molecule has 15 heavy (non-hydrogen) atoms. The van der Waals surface area contributed by atoms with Gasteiger partial charge in [-0.1, -0.05) is 36.4 Å². The fourth-order valence-corrected chi connectivity index (χ4v) is 2.73. The molecule has 0 radical (unpaired) electrons. The van der Waals surface area contributed by atoms with Crippen LogP contribution in [0.5, 0.6) is 0 Å². The van der Waals surface area contributed by atoms with E-state index in [9.17, 15) is 0 Å². The van der Waals surface area contributed by atoms with Crippen LogP contribution in [0.15, 0.2) is 36.4 Å². The van der Waals surface area contributed by atoms with Crippen LogP contribution in [-0.2, 0) is 6.42 Å². The maximum absolute atomic E-state index is 5.84. The van der Waals surface area contributed by atoms with Gasteiger partial charge in [0.15, 0.2) is 0 Å². The van der Waals surface area contributed by atoms with Crippen LogP contribution in [0.25, 0.3) is 10.8 Å². The molecule has 0 aromatic heterocycles. The van der Waals surface area contributed by atoms with Gasteiger partial charge in [-0.2, -0.15) is 0 Å². The Bertz CT molecular complexity index is 496. The van der Waals surface area contributed by atoms with Gasteiger partial charge in [0.1, 0.15) is 0 Å². The van der Waals surface area contributed by atoms with Crippen molar-refractivity contribution in [3.8, 4) is 0 Å². The Morgan fingerprint density at radius 3 is 2.73 bits per heavy atom. The molecule has 1 aliphatic carbocycles. The van der Waals surface area contributed by atoms with Crippen LogP contribution in [-0.4, -0.2) is 6.54 Å². The molecule has 1 nitrogen and oxygen atoms in total. The number of hydrogen-bond donors (Lipinski definition) is 1. The lowest BCUT2D eigenvalue weighted by Crippen LogP contribution is -2.17. The molecule has 2 N–H and O–H groups in total. The molecular weight excluding hydrogens is 182 g/mol. The van der Waals surface area contributed by atoms with E-state index in [-0.39, 0.29) is 0 Å². The third-order valence-electron chi connectivity index (χ3n) is 3.51. The van der Waals surface area contributed by atoms with E-state index in [1.165, 1.54) is 34.7 Å². The smallest absolute Gasteiger partial charge is 0.000790 e. The molecule has 76 valence electrons. The van der Waals surface area contributed by atoms with Crippen molar-refractivity contribution in [2.45, 2.75) is 18.8 Å². The zero-order valence-corrected chi connectivity index (χ0v) is 8.74. The van der Waals surface area contributed by atoms with Gasteiger partial charge in [-0.15, -0.1) is 0 Å². The van der Waals surface area contributed by atoms with E-state index in [0.717, 1.165) is 6.54 Å². The summed E-state index contributed by atoms with van der Waals surface area (Å²) in [7, 11) is 0. The highest BCUT2D eigenvalue weighted by Gasteiger charge is 2.19. The summed E-state index contributed by atoms with van der Waals surface area (Å²) in [6, 6.07) is 13.2. The van der Waals surface area contributed by atoms with Gasteiger partial charge in [-0.3, -0.25) is 0 Å². The molecule has 1 aliphatic rings. The monoisotopic (exact) mass is 197 g/mol. The second-order valence-electron chi connectivity index (χ2n) is 4.33. The Balaban J connectivity index is 2.36. The van der Waals surface area contributed by atoms with Crippen LogP contribution in [0.1, 0.15) is 23.5 Å². The highest BCUT2D eigenvalue weighted by molar-refractivity contribution is 5.90. The van der Waals surface area contributed by atoms with E-state index in [2.05, 4.69) is 36.4 Å². The standard InChI is InChI=1S/C14H15N/c15-9-12-8-7-11-4-1-3-10-5-2-6-13(12)14(10)11/h1-6,12H,7-9,15H2. The lowest BCUT2D eigenvalue weighted by Gasteiger charge is -2.24. The molecule has 2 aromatic carbocycles. The van der Waals surface area contributed by atoms with Crippen LogP contribution < -0.4 is 5.73 Å². The molecule has 0 fully saturated rings. The average Bonchev–Trinajstić information content (AvgIpc) is 2.30. The van der Waals surface area contributed by atoms with Gasteiger partial charge in [0.05, 0.1) is 0 Å². The third-order valence-corrected chi connectivity index (χ3v) is 3.51.